The molecule has 1 aliphatic heterocycles. The van der Waals surface area contributed by atoms with Crippen LogP contribution in [-0.4, -0.2) is 52.1 Å². The Bertz CT molecular complexity index is 1460. The Kier molecular flexibility index (Phi) is 7.74. The molecule has 198 valence electrons. The van der Waals surface area contributed by atoms with Gasteiger partial charge >= 0.3 is 17.3 Å². The Morgan fingerprint density at radius 3 is 2.50 bits per heavy atom. The number of hydrogen-bond donors (Lipinski definition) is 2. The summed E-state index contributed by atoms with van der Waals surface area (Å²) in [5.74, 6) is -1.50. The molecule has 2 atom stereocenters. The van der Waals surface area contributed by atoms with Crippen LogP contribution in [0.4, 0.5) is 26.2 Å². The van der Waals surface area contributed by atoms with Gasteiger partial charge in [0.1, 0.15) is 11.9 Å². The molecule has 3 amide bonds. The zero-order chi connectivity index (χ0) is 27.6. The Morgan fingerprint density at radius 1 is 1.16 bits per heavy atom. The van der Waals surface area contributed by atoms with Gasteiger partial charge in [-0.1, -0.05) is 11.6 Å². The molecule has 1 fully saturated rings. The molecule has 38 heavy (non-hydrogen) atoms. The molecule has 1 aliphatic rings. The summed E-state index contributed by atoms with van der Waals surface area (Å²) in [6.45, 7) is 1.57. The minimum Gasteiger partial charge on any atom is -0.380 e. The van der Waals surface area contributed by atoms with Gasteiger partial charge in [0.15, 0.2) is 0 Å². The van der Waals surface area contributed by atoms with Crippen LogP contribution < -0.4 is 16.2 Å². The summed E-state index contributed by atoms with van der Waals surface area (Å²) >= 11 is 5.88. The smallest absolute Gasteiger partial charge is 0.337 e. The van der Waals surface area contributed by atoms with E-state index < -0.39 is 46.1 Å². The molecule has 4 rings (SSSR count). The van der Waals surface area contributed by atoms with Gasteiger partial charge in [-0.2, -0.15) is 0 Å². The molecule has 2 N–H and O–H groups in total. The average Bonchev–Trinajstić information content (AvgIpc) is 3.32. The summed E-state index contributed by atoms with van der Waals surface area (Å²) in [4.78, 5) is 50.3. The highest BCUT2D eigenvalue weighted by Crippen LogP contribution is 2.25. The fourth-order valence-corrected chi connectivity index (χ4v) is 4.31. The van der Waals surface area contributed by atoms with Crippen molar-refractivity contribution in [3.8, 4) is 5.69 Å². The maximum Gasteiger partial charge on any atom is 0.337 e. The number of amides is 3. The van der Waals surface area contributed by atoms with Gasteiger partial charge in [-0.25, -0.2) is 9.18 Å². The number of likely N-dealkylation sites (tertiary alicyclic amines) is 1. The lowest BCUT2D eigenvalue weighted by Crippen LogP contribution is -2.45. The molecular formula is C25H23ClFN5O6. The van der Waals surface area contributed by atoms with Crippen LogP contribution in [0.1, 0.15) is 12.0 Å². The minimum atomic E-state index is -0.950. The number of ether oxygens (including phenoxy) is 1. The number of methoxy groups -OCH3 is 1. The number of carbonyl (C=O) groups is 2. The Hall–Kier alpha value is -4.29. The maximum atomic E-state index is 15.0. The monoisotopic (exact) mass is 543 g/mol. The summed E-state index contributed by atoms with van der Waals surface area (Å²) in [6.07, 6.45) is 1.09. The van der Waals surface area contributed by atoms with E-state index in [2.05, 4.69) is 10.6 Å². The van der Waals surface area contributed by atoms with Crippen LogP contribution in [0.15, 0.2) is 59.5 Å². The first-order chi connectivity index (χ1) is 18.1. The highest BCUT2D eigenvalue weighted by atomic mass is 35.5. The van der Waals surface area contributed by atoms with E-state index in [0.717, 1.165) is 10.6 Å². The molecule has 13 heteroatoms. The number of pyridine rings is 1. The lowest BCUT2D eigenvalue weighted by atomic mass is 10.1. The summed E-state index contributed by atoms with van der Waals surface area (Å²) < 4.78 is 21.3. The lowest BCUT2D eigenvalue weighted by Gasteiger charge is -2.24. The van der Waals surface area contributed by atoms with Crippen molar-refractivity contribution < 1.29 is 23.6 Å². The van der Waals surface area contributed by atoms with E-state index in [4.69, 9.17) is 16.3 Å². The Morgan fingerprint density at radius 2 is 1.87 bits per heavy atom. The fourth-order valence-electron chi connectivity index (χ4n) is 4.18. The summed E-state index contributed by atoms with van der Waals surface area (Å²) in [5.41, 5.74) is -1.02. The van der Waals surface area contributed by atoms with Crippen molar-refractivity contribution in [2.45, 2.75) is 25.5 Å². The van der Waals surface area contributed by atoms with E-state index in [1.807, 2.05) is 0 Å². The molecule has 0 radical (unpaired) electrons. The number of aromatic nitrogens is 1. The normalized spacial score (nSPS) is 16.8. The van der Waals surface area contributed by atoms with E-state index in [1.54, 1.807) is 24.3 Å². The van der Waals surface area contributed by atoms with E-state index in [1.165, 1.54) is 43.3 Å². The molecule has 0 unspecified atom stereocenters. The van der Waals surface area contributed by atoms with Crippen LogP contribution in [0.25, 0.3) is 5.69 Å². The molecule has 0 spiro atoms. The number of anilines is 2. The number of hydrogen-bond acceptors (Lipinski definition) is 6. The van der Waals surface area contributed by atoms with E-state index >= 15 is 0 Å². The van der Waals surface area contributed by atoms with Crippen LogP contribution in [0.5, 0.6) is 0 Å². The topological polar surface area (TPSA) is 136 Å². The second kappa shape index (κ2) is 11.0. The van der Waals surface area contributed by atoms with Crippen LogP contribution in [0.2, 0.25) is 5.02 Å². The molecule has 0 bridgehead atoms. The van der Waals surface area contributed by atoms with E-state index in [0.29, 0.717) is 10.7 Å². The number of halogens is 2. The van der Waals surface area contributed by atoms with Crippen LogP contribution in [0.3, 0.4) is 0 Å². The van der Waals surface area contributed by atoms with Gasteiger partial charge in [0.2, 0.25) is 5.91 Å². The molecule has 0 saturated carbocycles. The average molecular weight is 544 g/mol. The third kappa shape index (κ3) is 5.50. The molecule has 1 saturated heterocycles. The first-order valence-corrected chi connectivity index (χ1v) is 11.8. The highest BCUT2D eigenvalue weighted by molar-refractivity contribution is 6.30. The molecule has 0 aliphatic carbocycles. The molecule has 2 heterocycles. The van der Waals surface area contributed by atoms with E-state index in [-0.39, 0.29) is 29.9 Å². The van der Waals surface area contributed by atoms with Crippen LogP contribution in [0, 0.1) is 22.9 Å². The van der Waals surface area contributed by atoms with Gasteiger partial charge in [-0.3, -0.25) is 24.3 Å². The third-order valence-corrected chi connectivity index (χ3v) is 6.45. The predicted octanol–water partition coefficient (Wildman–Crippen LogP) is 4.11. The number of nitrogens with one attached hydrogen (secondary N) is 2. The fraction of sp³-hybridized carbons (Fsp3) is 0.240. The van der Waals surface area contributed by atoms with Crippen molar-refractivity contribution in [3.05, 3.63) is 91.6 Å². The Balaban J connectivity index is 1.53. The van der Waals surface area contributed by atoms with Gasteiger partial charge < -0.3 is 20.3 Å². The number of urea groups is 1. The van der Waals surface area contributed by atoms with E-state index in [9.17, 15) is 28.9 Å². The van der Waals surface area contributed by atoms with Gasteiger partial charge in [0.25, 0.3) is 0 Å². The summed E-state index contributed by atoms with van der Waals surface area (Å²) in [7, 11) is 1.47. The number of aryl methyl sites for hydroxylation is 1. The SMILES string of the molecule is CO[C@@H]1C[C@H](C(=O)Nc2ccc(-n3ccc(C)c([N+](=O)[O-])c3=O)cc2F)N(C(=O)Nc2ccc(Cl)cc2)C1. The van der Waals surface area contributed by atoms with Gasteiger partial charge in [0.05, 0.1) is 22.4 Å². The number of rotatable bonds is 6. The summed E-state index contributed by atoms with van der Waals surface area (Å²) in [5, 5.41) is 16.9. The quantitative estimate of drug-likeness (QED) is 0.355. The first-order valence-electron chi connectivity index (χ1n) is 11.4. The van der Waals surface area contributed by atoms with Crippen molar-refractivity contribution in [1.29, 1.82) is 0 Å². The second-order valence-electron chi connectivity index (χ2n) is 8.63. The van der Waals surface area contributed by atoms with Gasteiger partial charge in [0, 0.05) is 48.6 Å². The second-order valence-corrected chi connectivity index (χ2v) is 9.07. The highest BCUT2D eigenvalue weighted by Gasteiger charge is 2.40. The van der Waals surface area contributed by atoms with Crippen molar-refractivity contribution in [2.75, 3.05) is 24.3 Å². The zero-order valence-electron chi connectivity index (χ0n) is 20.3. The Labute approximate surface area is 220 Å². The van der Waals surface area contributed by atoms with Gasteiger partial charge in [-0.05, 0) is 49.4 Å². The van der Waals surface area contributed by atoms with Gasteiger partial charge in [-0.15, -0.1) is 0 Å². The van der Waals surface area contributed by atoms with Crippen molar-refractivity contribution in [3.63, 3.8) is 0 Å². The molecule has 11 nitrogen and oxygen atoms in total. The minimum absolute atomic E-state index is 0.0397. The molecular weight excluding hydrogens is 521 g/mol. The predicted molar refractivity (Wildman–Crippen MR) is 138 cm³/mol. The number of nitrogens with zero attached hydrogens (tertiary/aromatic N) is 3. The largest absolute Gasteiger partial charge is 0.380 e. The van der Waals surface area contributed by atoms with Crippen molar-refractivity contribution in [1.82, 2.24) is 9.47 Å². The zero-order valence-corrected chi connectivity index (χ0v) is 21.1. The van der Waals surface area contributed by atoms with Crippen LogP contribution in [-0.2, 0) is 9.53 Å². The van der Waals surface area contributed by atoms with Crippen LogP contribution >= 0.6 is 11.6 Å². The molecule has 1 aromatic heterocycles. The summed E-state index contributed by atoms with van der Waals surface area (Å²) in [6, 6.07) is 9.90. The molecule has 3 aromatic rings. The lowest BCUT2D eigenvalue weighted by molar-refractivity contribution is -0.387. The van der Waals surface area contributed by atoms with Crippen molar-refractivity contribution >= 4 is 40.6 Å². The third-order valence-electron chi connectivity index (χ3n) is 6.19. The maximum absolute atomic E-state index is 15.0. The van der Waals surface area contributed by atoms with Crippen molar-refractivity contribution in [2.24, 2.45) is 0 Å². The number of benzene rings is 2. The molecule has 2 aromatic carbocycles. The standard InChI is InChI=1S/C25H23ClFN5O6/c1-14-9-10-30(24(34)22(14)32(36)37)17-7-8-20(19(27)11-17)29-23(33)21-12-18(38-2)13-31(21)25(35)28-16-5-3-15(26)4-6-16/h3-11,18,21H,12-13H2,1-2H3,(H,28,35)(H,29,33)/t18-,21-/m1/s1. The number of carbonyl (C=O) groups excluding carboxylic acids is 2. The number of nitro groups is 1. The first kappa shape index (κ1) is 26.8.